The van der Waals surface area contributed by atoms with Gasteiger partial charge in [0.2, 0.25) is 0 Å². The summed E-state index contributed by atoms with van der Waals surface area (Å²) in [6.45, 7) is 0. The summed E-state index contributed by atoms with van der Waals surface area (Å²) in [4.78, 5) is 0. The highest BCUT2D eigenvalue weighted by molar-refractivity contribution is 9.10. The standard InChI is InChI=1S/C12H16BrNO/c13-10-7-3-6-9(11(10)14)12(15)8-4-1-2-5-8/h3,6-8,12,15H,1-2,4-5,14H2. The minimum absolute atomic E-state index is 0.390. The number of nitrogens with two attached hydrogens (primary N) is 1. The van der Waals surface area contributed by atoms with Crippen LogP contribution < -0.4 is 5.73 Å². The lowest BCUT2D eigenvalue weighted by atomic mass is 9.93. The molecule has 82 valence electrons. The quantitative estimate of drug-likeness (QED) is 0.810. The SMILES string of the molecule is Nc1c(Br)cccc1C(O)C1CCCC1. The van der Waals surface area contributed by atoms with Crippen molar-refractivity contribution < 1.29 is 5.11 Å². The molecule has 1 aromatic rings. The maximum Gasteiger partial charge on any atom is 0.0838 e. The summed E-state index contributed by atoms with van der Waals surface area (Å²) in [5.41, 5.74) is 7.49. The van der Waals surface area contributed by atoms with Crippen molar-refractivity contribution in [2.24, 2.45) is 5.92 Å². The molecular weight excluding hydrogens is 254 g/mol. The molecule has 0 spiro atoms. The van der Waals surface area contributed by atoms with Crippen LogP contribution in [0.15, 0.2) is 22.7 Å². The third-order valence-electron chi connectivity index (χ3n) is 3.25. The molecule has 1 aliphatic carbocycles. The van der Waals surface area contributed by atoms with Gasteiger partial charge in [-0.05, 0) is 40.8 Å². The summed E-state index contributed by atoms with van der Waals surface area (Å²) in [5.74, 6) is 0.390. The molecule has 0 bridgehead atoms. The van der Waals surface area contributed by atoms with Gasteiger partial charge in [-0.15, -0.1) is 0 Å². The Kier molecular flexibility index (Phi) is 3.32. The fraction of sp³-hybridized carbons (Fsp3) is 0.500. The molecule has 0 aliphatic heterocycles. The van der Waals surface area contributed by atoms with E-state index >= 15 is 0 Å². The number of anilines is 1. The zero-order chi connectivity index (χ0) is 10.8. The lowest BCUT2D eigenvalue weighted by Gasteiger charge is -2.20. The average molecular weight is 270 g/mol. The van der Waals surface area contributed by atoms with E-state index in [4.69, 9.17) is 5.73 Å². The number of hydrogen-bond acceptors (Lipinski definition) is 2. The normalized spacial score (nSPS) is 19.3. The molecule has 1 fully saturated rings. The van der Waals surface area contributed by atoms with E-state index in [0.717, 1.165) is 22.9 Å². The van der Waals surface area contributed by atoms with E-state index in [9.17, 15) is 5.11 Å². The molecular formula is C12H16BrNO. The smallest absolute Gasteiger partial charge is 0.0838 e. The molecule has 3 heteroatoms. The summed E-state index contributed by atoms with van der Waals surface area (Å²) >= 11 is 3.39. The maximum atomic E-state index is 10.2. The summed E-state index contributed by atoms with van der Waals surface area (Å²) in [5, 5.41) is 10.2. The van der Waals surface area contributed by atoms with E-state index in [1.54, 1.807) is 0 Å². The van der Waals surface area contributed by atoms with Gasteiger partial charge in [-0.2, -0.15) is 0 Å². The molecule has 0 aromatic heterocycles. The molecule has 0 radical (unpaired) electrons. The predicted octanol–water partition coefficient (Wildman–Crippen LogP) is 3.25. The Morgan fingerprint density at radius 2 is 2.00 bits per heavy atom. The first kappa shape index (κ1) is 11.0. The zero-order valence-corrected chi connectivity index (χ0v) is 10.2. The molecule has 0 saturated heterocycles. The van der Waals surface area contributed by atoms with Crippen molar-refractivity contribution in [2.75, 3.05) is 5.73 Å². The molecule has 3 N–H and O–H groups in total. The van der Waals surface area contributed by atoms with E-state index in [1.165, 1.54) is 12.8 Å². The third kappa shape index (κ3) is 2.18. The van der Waals surface area contributed by atoms with Crippen molar-refractivity contribution in [1.29, 1.82) is 0 Å². The van der Waals surface area contributed by atoms with Crippen molar-refractivity contribution in [3.05, 3.63) is 28.2 Å². The van der Waals surface area contributed by atoms with Crippen LogP contribution >= 0.6 is 15.9 Å². The first-order chi connectivity index (χ1) is 7.20. The van der Waals surface area contributed by atoms with Crippen LogP contribution in [0.2, 0.25) is 0 Å². The van der Waals surface area contributed by atoms with Gasteiger partial charge in [0.05, 0.1) is 11.8 Å². The van der Waals surface area contributed by atoms with Crippen molar-refractivity contribution in [3.63, 3.8) is 0 Å². The molecule has 1 aromatic carbocycles. The van der Waals surface area contributed by atoms with Gasteiger partial charge in [-0.25, -0.2) is 0 Å². The molecule has 0 amide bonds. The number of aliphatic hydroxyl groups is 1. The van der Waals surface area contributed by atoms with E-state index in [1.807, 2.05) is 18.2 Å². The number of benzene rings is 1. The minimum Gasteiger partial charge on any atom is -0.398 e. The highest BCUT2D eigenvalue weighted by atomic mass is 79.9. The second-order valence-electron chi connectivity index (χ2n) is 4.23. The summed E-state index contributed by atoms with van der Waals surface area (Å²) in [6, 6.07) is 5.75. The van der Waals surface area contributed by atoms with Gasteiger partial charge in [-0.3, -0.25) is 0 Å². The van der Waals surface area contributed by atoms with Crippen molar-refractivity contribution in [1.82, 2.24) is 0 Å². The van der Waals surface area contributed by atoms with Gasteiger partial charge in [0.15, 0.2) is 0 Å². The third-order valence-corrected chi connectivity index (χ3v) is 3.94. The Morgan fingerprint density at radius 3 is 2.67 bits per heavy atom. The number of para-hydroxylation sites is 1. The highest BCUT2D eigenvalue weighted by Gasteiger charge is 2.25. The fourth-order valence-electron chi connectivity index (χ4n) is 2.34. The van der Waals surface area contributed by atoms with Gasteiger partial charge in [0, 0.05) is 10.0 Å². The Labute approximate surface area is 98.6 Å². The van der Waals surface area contributed by atoms with Gasteiger partial charge in [0.1, 0.15) is 0 Å². The van der Waals surface area contributed by atoms with Crippen LogP contribution in [0.5, 0.6) is 0 Å². The Hall–Kier alpha value is -0.540. The van der Waals surface area contributed by atoms with E-state index in [2.05, 4.69) is 15.9 Å². The van der Waals surface area contributed by atoms with Crippen molar-refractivity contribution in [2.45, 2.75) is 31.8 Å². The maximum absolute atomic E-state index is 10.2. The first-order valence-electron chi connectivity index (χ1n) is 5.42. The summed E-state index contributed by atoms with van der Waals surface area (Å²) in [6.07, 6.45) is 4.30. The zero-order valence-electron chi connectivity index (χ0n) is 8.62. The second kappa shape index (κ2) is 4.54. The second-order valence-corrected chi connectivity index (χ2v) is 5.09. The van der Waals surface area contributed by atoms with E-state index < -0.39 is 6.10 Å². The minimum atomic E-state index is -0.398. The fourth-order valence-corrected chi connectivity index (χ4v) is 2.72. The molecule has 1 saturated carbocycles. The van der Waals surface area contributed by atoms with Crippen molar-refractivity contribution in [3.8, 4) is 0 Å². The lowest BCUT2D eigenvalue weighted by molar-refractivity contribution is 0.112. The van der Waals surface area contributed by atoms with Crippen LogP contribution in [0.25, 0.3) is 0 Å². The van der Waals surface area contributed by atoms with Crippen LogP contribution in [-0.4, -0.2) is 5.11 Å². The average Bonchev–Trinajstić information content (AvgIpc) is 2.74. The van der Waals surface area contributed by atoms with Gasteiger partial charge < -0.3 is 10.8 Å². The molecule has 2 rings (SSSR count). The van der Waals surface area contributed by atoms with Crippen LogP contribution in [0, 0.1) is 5.92 Å². The first-order valence-corrected chi connectivity index (χ1v) is 6.21. The van der Waals surface area contributed by atoms with Crippen LogP contribution in [0.3, 0.4) is 0 Å². The molecule has 2 nitrogen and oxygen atoms in total. The number of aliphatic hydroxyl groups excluding tert-OH is 1. The van der Waals surface area contributed by atoms with Crippen LogP contribution in [0.4, 0.5) is 5.69 Å². The van der Waals surface area contributed by atoms with Gasteiger partial charge in [0.25, 0.3) is 0 Å². The van der Waals surface area contributed by atoms with E-state index in [0.29, 0.717) is 11.6 Å². The monoisotopic (exact) mass is 269 g/mol. The Morgan fingerprint density at radius 1 is 1.33 bits per heavy atom. The number of nitrogen functional groups attached to an aromatic ring is 1. The Bertz CT molecular complexity index is 347. The topological polar surface area (TPSA) is 46.2 Å². The molecule has 0 heterocycles. The Balaban J connectivity index is 2.24. The van der Waals surface area contributed by atoms with Crippen LogP contribution in [0.1, 0.15) is 37.4 Å². The number of rotatable bonds is 2. The van der Waals surface area contributed by atoms with Crippen LogP contribution in [-0.2, 0) is 0 Å². The van der Waals surface area contributed by atoms with Gasteiger partial charge >= 0.3 is 0 Å². The molecule has 1 atom stereocenters. The van der Waals surface area contributed by atoms with Gasteiger partial charge in [-0.1, -0.05) is 25.0 Å². The molecule has 15 heavy (non-hydrogen) atoms. The largest absolute Gasteiger partial charge is 0.398 e. The lowest BCUT2D eigenvalue weighted by Crippen LogP contribution is -2.11. The summed E-state index contributed by atoms with van der Waals surface area (Å²) in [7, 11) is 0. The number of halogens is 1. The van der Waals surface area contributed by atoms with E-state index in [-0.39, 0.29) is 0 Å². The molecule has 1 aliphatic rings. The summed E-state index contributed by atoms with van der Waals surface area (Å²) < 4.78 is 0.872. The van der Waals surface area contributed by atoms with Crippen molar-refractivity contribution >= 4 is 21.6 Å². The highest BCUT2D eigenvalue weighted by Crippen LogP contribution is 2.38. The predicted molar refractivity (Wildman–Crippen MR) is 65.5 cm³/mol. The molecule has 1 unspecified atom stereocenters. The number of hydrogen-bond donors (Lipinski definition) is 2.